The fourth-order valence-corrected chi connectivity index (χ4v) is 2.86. The van der Waals surface area contributed by atoms with Crippen LogP contribution >= 0.6 is 0 Å². The summed E-state index contributed by atoms with van der Waals surface area (Å²) in [5, 5.41) is 10.9. The third-order valence-electron chi connectivity index (χ3n) is 3.79. The van der Waals surface area contributed by atoms with Crippen LogP contribution < -0.4 is 5.73 Å². The molecule has 1 aliphatic carbocycles. The van der Waals surface area contributed by atoms with E-state index in [0.717, 1.165) is 24.6 Å². The molecule has 0 atom stereocenters. The Morgan fingerprint density at radius 1 is 1.42 bits per heavy atom. The maximum Gasteiger partial charge on any atom is 0.292 e. The van der Waals surface area contributed by atoms with E-state index in [1.54, 1.807) is 12.1 Å². The minimum absolute atomic E-state index is 0.00627. The summed E-state index contributed by atoms with van der Waals surface area (Å²) < 4.78 is 0. The molecule has 0 radical (unpaired) electrons. The number of nitrogens with zero attached hydrogens (tertiary/aromatic N) is 2. The third-order valence-corrected chi connectivity index (χ3v) is 3.79. The number of hydrogen-bond acceptors (Lipinski definition) is 4. The average Bonchev–Trinajstić information content (AvgIpc) is 2.84. The van der Waals surface area contributed by atoms with Gasteiger partial charge in [-0.05, 0) is 37.4 Å². The molecule has 1 fully saturated rings. The van der Waals surface area contributed by atoms with Crippen LogP contribution in [-0.2, 0) is 6.54 Å². The van der Waals surface area contributed by atoms with Gasteiger partial charge in [-0.15, -0.1) is 0 Å². The Balaban J connectivity index is 1.98. The van der Waals surface area contributed by atoms with Gasteiger partial charge in [-0.3, -0.25) is 10.1 Å². The maximum absolute atomic E-state index is 10.9. The molecule has 0 amide bonds. The molecule has 1 aromatic rings. The molecule has 2 rings (SSSR count). The van der Waals surface area contributed by atoms with Gasteiger partial charge in [0.2, 0.25) is 0 Å². The van der Waals surface area contributed by atoms with Crippen molar-refractivity contribution >= 4 is 11.4 Å². The second-order valence-corrected chi connectivity index (χ2v) is 5.50. The molecule has 1 saturated carbocycles. The molecular formula is C14H21N3O2. The molecule has 1 aromatic carbocycles. The van der Waals surface area contributed by atoms with E-state index in [1.807, 2.05) is 6.07 Å². The lowest BCUT2D eigenvalue weighted by Crippen LogP contribution is -2.24. The first-order valence-corrected chi connectivity index (χ1v) is 6.77. The van der Waals surface area contributed by atoms with Crippen molar-refractivity contribution in [2.45, 2.75) is 32.2 Å². The summed E-state index contributed by atoms with van der Waals surface area (Å²) in [6.45, 7) is 1.80. The van der Waals surface area contributed by atoms with Gasteiger partial charge in [-0.25, -0.2) is 0 Å². The van der Waals surface area contributed by atoms with E-state index < -0.39 is 4.92 Å². The predicted octanol–water partition coefficient (Wildman–Crippen LogP) is 2.80. The van der Waals surface area contributed by atoms with Crippen molar-refractivity contribution in [1.82, 2.24) is 4.90 Å². The van der Waals surface area contributed by atoms with Crippen LogP contribution in [0.5, 0.6) is 0 Å². The van der Waals surface area contributed by atoms with Gasteiger partial charge in [0.25, 0.3) is 5.69 Å². The first-order valence-electron chi connectivity index (χ1n) is 6.77. The van der Waals surface area contributed by atoms with Gasteiger partial charge in [-0.1, -0.05) is 18.9 Å². The average molecular weight is 263 g/mol. The Bertz CT molecular complexity index is 456. The van der Waals surface area contributed by atoms with Gasteiger partial charge in [0.1, 0.15) is 5.69 Å². The molecule has 5 heteroatoms. The van der Waals surface area contributed by atoms with Crippen molar-refractivity contribution < 1.29 is 4.92 Å². The van der Waals surface area contributed by atoms with Crippen LogP contribution in [0.4, 0.5) is 11.4 Å². The van der Waals surface area contributed by atoms with Crippen molar-refractivity contribution in [3.05, 3.63) is 33.9 Å². The summed E-state index contributed by atoms with van der Waals surface area (Å²) >= 11 is 0. The zero-order chi connectivity index (χ0) is 13.8. The van der Waals surface area contributed by atoms with Crippen LogP contribution in [0.2, 0.25) is 0 Å². The van der Waals surface area contributed by atoms with Crippen LogP contribution in [0.1, 0.15) is 31.2 Å². The normalized spacial score (nSPS) is 16.1. The molecule has 0 unspecified atom stereocenters. The van der Waals surface area contributed by atoms with Crippen molar-refractivity contribution in [3.63, 3.8) is 0 Å². The van der Waals surface area contributed by atoms with Gasteiger partial charge in [0, 0.05) is 19.2 Å². The zero-order valence-electron chi connectivity index (χ0n) is 11.3. The van der Waals surface area contributed by atoms with Gasteiger partial charge in [0.05, 0.1) is 4.92 Å². The fraction of sp³-hybridized carbons (Fsp3) is 0.571. The summed E-state index contributed by atoms with van der Waals surface area (Å²) in [7, 11) is 2.07. The topological polar surface area (TPSA) is 72.4 Å². The van der Waals surface area contributed by atoms with E-state index in [-0.39, 0.29) is 11.4 Å². The minimum Gasteiger partial charge on any atom is -0.393 e. The summed E-state index contributed by atoms with van der Waals surface area (Å²) in [6, 6.07) is 5.07. The molecule has 0 bridgehead atoms. The zero-order valence-corrected chi connectivity index (χ0v) is 11.3. The van der Waals surface area contributed by atoms with Crippen molar-refractivity contribution in [3.8, 4) is 0 Å². The first-order chi connectivity index (χ1) is 9.06. The monoisotopic (exact) mass is 263 g/mol. The SMILES string of the molecule is CN(Cc1ccc(N)c([N+](=O)[O-])c1)CC1CCCC1. The fourth-order valence-electron chi connectivity index (χ4n) is 2.86. The van der Waals surface area contributed by atoms with Gasteiger partial charge in [0.15, 0.2) is 0 Å². The highest BCUT2D eigenvalue weighted by atomic mass is 16.6. The molecule has 0 aromatic heterocycles. The van der Waals surface area contributed by atoms with E-state index in [1.165, 1.54) is 25.7 Å². The Morgan fingerprint density at radius 2 is 2.11 bits per heavy atom. The van der Waals surface area contributed by atoms with Crippen LogP contribution in [0, 0.1) is 16.0 Å². The van der Waals surface area contributed by atoms with Crippen LogP contribution in [0.15, 0.2) is 18.2 Å². The lowest BCUT2D eigenvalue weighted by Gasteiger charge is -2.20. The standard InChI is InChI=1S/C14H21N3O2/c1-16(9-11-4-2-3-5-11)10-12-6-7-13(15)14(8-12)17(18)19/h6-8,11H,2-5,9-10,15H2,1H3. The number of nitrogens with two attached hydrogens (primary N) is 1. The predicted molar refractivity (Wildman–Crippen MR) is 75.8 cm³/mol. The van der Waals surface area contributed by atoms with E-state index in [9.17, 15) is 10.1 Å². The van der Waals surface area contributed by atoms with Crippen molar-refractivity contribution in [2.75, 3.05) is 19.3 Å². The summed E-state index contributed by atoms with van der Waals surface area (Å²) in [4.78, 5) is 12.7. The van der Waals surface area contributed by atoms with Gasteiger partial charge >= 0.3 is 0 Å². The Labute approximate surface area is 113 Å². The number of nitrogen functional groups attached to an aromatic ring is 1. The first kappa shape index (κ1) is 13.8. The number of anilines is 1. The highest BCUT2D eigenvalue weighted by molar-refractivity contribution is 5.59. The number of nitro groups is 1. The van der Waals surface area contributed by atoms with Gasteiger partial charge < -0.3 is 10.6 Å². The summed E-state index contributed by atoms with van der Waals surface area (Å²) in [6.07, 6.45) is 5.30. The van der Waals surface area contributed by atoms with E-state index in [2.05, 4.69) is 11.9 Å². The largest absolute Gasteiger partial charge is 0.393 e. The number of nitro benzene ring substituents is 1. The molecule has 0 spiro atoms. The second kappa shape index (κ2) is 6.02. The molecule has 2 N–H and O–H groups in total. The minimum atomic E-state index is -0.421. The number of benzene rings is 1. The maximum atomic E-state index is 10.9. The Morgan fingerprint density at radius 3 is 2.74 bits per heavy atom. The molecule has 0 aliphatic heterocycles. The molecule has 104 valence electrons. The number of hydrogen-bond donors (Lipinski definition) is 1. The van der Waals surface area contributed by atoms with Crippen LogP contribution in [0.3, 0.4) is 0 Å². The molecule has 0 saturated heterocycles. The molecule has 5 nitrogen and oxygen atoms in total. The lowest BCUT2D eigenvalue weighted by molar-refractivity contribution is -0.384. The quantitative estimate of drug-likeness (QED) is 0.503. The summed E-state index contributed by atoms with van der Waals surface area (Å²) in [5.41, 5.74) is 6.78. The van der Waals surface area contributed by atoms with Gasteiger partial charge in [-0.2, -0.15) is 0 Å². The van der Waals surface area contributed by atoms with Crippen molar-refractivity contribution in [1.29, 1.82) is 0 Å². The molecule has 1 aliphatic rings. The van der Waals surface area contributed by atoms with Crippen molar-refractivity contribution in [2.24, 2.45) is 5.92 Å². The molecular weight excluding hydrogens is 242 g/mol. The second-order valence-electron chi connectivity index (χ2n) is 5.50. The van der Waals surface area contributed by atoms with Crippen LogP contribution in [-0.4, -0.2) is 23.4 Å². The van der Waals surface area contributed by atoms with E-state index >= 15 is 0 Å². The van der Waals surface area contributed by atoms with E-state index in [4.69, 9.17) is 5.73 Å². The lowest BCUT2D eigenvalue weighted by atomic mass is 10.1. The third kappa shape index (κ3) is 3.67. The van der Waals surface area contributed by atoms with E-state index in [0.29, 0.717) is 0 Å². The molecule has 0 heterocycles. The Hall–Kier alpha value is -1.62. The van der Waals surface area contributed by atoms with Crippen LogP contribution in [0.25, 0.3) is 0 Å². The number of rotatable bonds is 5. The molecule has 19 heavy (non-hydrogen) atoms. The highest BCUT2D eigenvalue weighted by Crippen LogP contribution is 2.26. The smallest absolute Gasteiger partial charge is 0.292 e. The highest BCUT2D eigenvalue weighted by Gasteiger charge is 2.18. The summed E-state index contributed by atoms with van der Waals surface area (Å²) in [5.74, 6) is 0.786. The Kier molecular flexibility index (Phi) is 4.37.